The molecule has 0 rings (SSSR count). The molecule has 0 bridgehead atoms. The minimum absolute atomic E-state index is 0.0434. The number of carboxylic acid groups (broad SMARTS) is 4. The summed E-state index contributed by atoms with van der Waals surface area (Å²) in [5.74, 6) is -8.22. The van der Waals surface area contributed by atoms with Crippen molar-refractivity contribution >= 4 is 59.3 Å². The van der Waals surface area contributed by atoms with Gasteiger partial charge in [-0.1, -0.05) is 90.4 Å². The molecule has 0 fully saturated rings. The van der Waals surface area contributed by atoms with E-state index in [0.717, 1.165) is 70.6 Å². The fraction of sp³-hybridized carbons (Fsp3) is 0.796. The van der Waals surface area contributed by atoms with E-state index in [1.807, 2.05) is 6.92 Å². The average Bonchev–Trinajstić information content (AvgIpc) is 3.33. The first-order valence-corrected chi connectivity index (χ1v) is 25.9. The molecule has 0 aliphatic carbocycles. The first kappa shape index (κ1) is 67.5. The molecule has 0 aliphatic rings. The Bertz CT molecular complexity index is 1600. The van der Waals surface area contributed by atoms with Crippen LogP contribution in [0, 0.1) is 0 Å². The predicted molar refractivity (Wildman–Crippen MR) is 265 cm³/mol. The van der Waals surface area contributed by atoms with Gasteiger partial charge in [-0.25, -0.2) is 14.4 Å². The smallest absolute Gasteiger partial charge is 0.326 e. The molecule has 0 saturated heterocycles. The van der Waals surface area contributed by atoms with Crippen LogP contribution >= 0.6 is 0 Å². The molecule has 0 saturated carbocycles. The van der Waals surface area contributed by atoms with Gasteiger partial charge in [-0.15, -0.1) is 0 Å². The van der Waals surface area contributed by atoms with Crippen molar-refractivity contribution < 1.29 is 87.3 Å². The van der Waals surface area contributed by atoms with Gasteiger partial charge in [0.15, 0.2) is 0 Å². The molecule has 0 aromatic carbocycles. The number of unbranched alkanes of at least 4 members (excludes halogenated alkanes) is 14. The molecule has 24 heteroatoms. The van der Waals surface area contributed by atoms with E-state index in [9.17, 15) is 63.3 Å². The second kappa shape index (κ2) is 46.3. The maximum atomic E-state index is 12.6. The lowest BCUT2D eigenvalue weighted by Crippen LogP contribution is -2.45. The Morgan fingerprint density at radius 1 is 0.342 bits per heavy atom. The highest BCUT2D eigenvalue weighted by molar-refractivity contribution is 5.87. The van der Waals surface area contributed by atoms with Gasteiger partial charge >= 0.3 is 23.9 Å². The van der Waals surface area contributed by atoms with Crippen LogP contribution in [0.2, 0.25) is 0 Å². The SMILES string of the molecule is CCCCNC(=O)COCCOCCNC(=O)COCCOCCNC(=O)CC[C@H](NC(=O)CC[C@H](NC(=O)CC[C@H](NC(=O)CCCCCCCCCCCCCCCCC(=O)O)C(=O)O)C(=O)O)C(=O)O. The van der Waals surface area contributed by atoms with Crippen LogP contribution in [-0.2, 0) is 66.9 Å². The Morgan fingerprint density at radius 2 is 0.658 bits per heavy atom. The van der Waals surface area contributed by atoms with Crippen molar-refractivity contribution in [3.05, 3.63) is 0 Å². The number of nitrogens with one attached hydrogen (secondary N) is 6. The van der Waals surface area contributed by atoms with E-state index in [1.165, 1.54) is 25.7 Å². The van der Waals surface area contributed by atoms with Gasteiger partial charge in [0.25, 0.3) is 0 Å². The van der Waals surface area contributed by atoms with Gasteiger partial charge in [-0.3, -0.25) is 33.6 Å². The third kappa shape index (κ3) is 43.8. The van der Waals surface area contributed by atoms with E-state index < -0.39 is 84.9 Å². The van der Waals surface area contributed by atoms with E-state index in [1.54, 1.807) is 0 Å². The second-order valence-electron chi connectivity index (χ2n) is 17.6. The lowest BCUT2D eigenvalue weighted by Gasteiger charge is -2.18. The minimum atomic E-state index is -1.56. The third-order valence-electron chi connectivity index (χ3n) is 11.1. The molecular formula is C49H86N6O18. The monoisotopic (exact) mass is 1050 g/mol. The Labute approximate surface area is 429 Å². The summed E-state index contributed by atoms with van der Waals surface area (Å²) in [6.45, 7) is 3.80. The zero-order chi connectivity index (χ0) is 54.3. The van der Waals surface area contributed by atoms with Gasteiger partial charge in [0.05, 0.1) is 39.6 Å². The van der Waals surface area contributed by atoms with Crippen LogP contribution < -0.4 is 31.9 Å². The van der Waals surface area contributed by atoms with Crippen molar-refractivity contribution in [1.29, 1.82) is 0 Å². The highest BCUT2D eigenvalue weighted by Crippen LogP contribution is 2.14. The summed E-state index contributed by atoms with van der Waals surface area (Å²) in [6.07, 6.45) is 14.2. The normalized spacial score (nSPS) is 12.2. The maximum Gasteiger partial charge on any atom is 0.326 e. The summed E-state index contributed by atoms with van der Waals surface area (Å²) < 4.78 is 21.2. The molecule has 0 aliphatic heterocycles. The fourth-order valence-electron chi connectivity index (χ4n) is 6.97. The number of carbonyl (C=O) groups is 10. The summed E-state index contributed by atoms with van der Waals surface area (Å²) in [5.41, 5.74) is 0. The van der Waals surface area contributed by atoms with Crippen molar-refractivity contribution in [1.82, 2.24) is 31.9 Å². The number of rotatable bonds is 51. The first-order chi connectivity index (χ1) is 35.0. The Kier molecular flexibility index (Phi) is 42.9. The second-order valence-corrected chi connectivity index (χ2v) is 17.6. The molecule has 0 radical (unpaired) electrons. The number of hydrogen-bond acceptors (Lipinski definition) is 14. The largest absolute Gasteiger partial charge is 0.481 e. The van der Waals surface area contributed by atoms with E-state index >= 15 is 0 Å². The summed E-state index contributed by atoms with van der Waals surface area (Å²) >= 11 is 0. The Balaban J connectivity index is 4.20. The van der Waals surface area contributed by atoms with E-state index in [0.29, 0.717) is 13.0 Å². The zero-order valence-electron chi connectivity index (χ0n) is 43.0. The van der Waals surface area contributed by atoms with E-state index in [2.05, 4.69) is 31.9 Å². The Morgan fingerprint density at radius 3 is 1.03 bits per heavy atom. The molecule has 3 atom stereocenters. The van der Waals surface area contributed by atoms with Gasteiger partial charge in [0.1, 0.15) is 31.3 Å². The molecule has 73 heavy (non-hydrogen) atoms. The van der Waals surface area contributed by atoms with Gasteiger partial charge in [-0.05, 0) is 38.5 Å². The number of ether oxygens (including phenoxy) is 4. The minimum Gasteiger partial charge on any atom is -0.481 e. The topological polar surface area (TPSA) is 361 Å². The van der Waals surface area contributed by atoms with Crippen molar-refractivity contribution in [2.45, 2.75) is 179 Å². The molecule has 420 valence electrons. The standard InChI is InChI=1S/C49H86N6O18/c1-2-3-26-50-44(60)35-72-33-32-71-30-28-52-45(61)36-73-34-31-70-29-27-51-40(56)23-20-37(47(64)65)54-42(58)25-22-39(49(68)69)55-43(59)24-21-38(48(66)67)53-41(57)18-16-14-12-10-8-6-4-5-7-9-11-13-15-17-19-46(62)63/h37-39H,2-36H2,1H3,(H,50,60)(H,51,56)(H,52,61)(H,53,57)(H,54,58)(H,55,59)(H,62,63)(H,64,65)(H,66,67)(H,68,69)/t37-,38-,39-/m0/s1. The van der Waals surface area contributed by atoms with Crippen LogP contribution in [0.1, 0.15) is 161 Å². The van der Waals surface area contributed by atoms with Crippen molar-refractivity contribution in [2.75, 3.05) is 72.5 Å². The number of aliphatic carboxylic acids is 4. The van der Waals surface area contributed by atoms with Gasteiger partial charge in [-0.2, -0.15) is 0 Å². The number of carbonyl (C=O) groups excluding carboxylic acids is 6. The summed E-state index contributed by atoms with van der Waals surface area (Å²) in [7, 11) is 0. The molecule has 10 N–H and O–H groups in total. The van der Waals surface area contributed by atoms with E-state index in [-0.39, 0.29) is 110 Å². The fourth-order valence-corrected chi connectivity index (χ4v) is 6.97. The van der Waals surface area contributed by atoms with Gasteiger partial charge in [0, 0.05) is 51.7 Å². The molecule has 0 unspecified atom stereocenters. The van der Waals surface area contributed by atoms with Crippen molar-refractivity contribution in [3.8, 4) is 0 Å². The van der Waals surface area contributed by atoms with Crippen LogP contribution in [0.4, 0.5) is 0 Å². The average molecular weight is 1050 g/mol. The summed E-state index contributed by atoms with van der Waals surface area (Å²) in [5, 5.41) is 52.3. The number of carboxylic acids is 4. The van der Waals surface area contributed by atoms with Gasteiger partial charge in [0.2, 0.25) is 35.4 Å². The molecule has 0 spiro atoms. The van der Waals surface area contributed by atoms with Crippen LogP contribution in [0.3, 0.4) is 0 Å². The molecule has 0 aromatic heterocycles. The van der Waals surface area contributed by atoms with Gasteiger partial charge < -0.3 is 71.3 Å². The Hall–Kier alpha value is -5.46. The van der Waals surface area contributed by atoms with Crippen molar-refractivity contribution in [2.24, 2.45) is 0 Å². The summed E-state index contributed by atoms with van der Waals surface area (Å²) in [6, 6.07) is -4.42. The molecule has 0 aromatic rings. The maximum absolute atomic E-state index is 12.6. The lowest BCUT2D eigenvalue weighted by molar-refractivity contribution is -0.144. The first-order valence-electron chi connectivity index (χ1n) is 25.9. The van der Waals surface area contributed by atoms with Crippen LogP contribution in [0.25, 0.3) is 0 Å². The highest BCUT2D eigenvalue weighted by atomic mass is 16.5. The molecule has 0 heterocycles. The van der Waals surface area contributed by atoms with Crippen LogP contribution in [-0.4, -0.2) is 170 Å². The van der Waals surface area contributed by atoms with Crippen LogP contribution in [0.15, 0.2) is 0 Å². The molecule has 24 nitrogen and oxygen atoms in total. The number of amides is 6. The van der Waals surface area contributed by atoms with E-state index in [4.69, 9.17) is 24.1 Å². The highest BCUT2D eigenvalue weighted by Gasteiger charge is 2.26. The number of hydrogen-bond donors (Lipinski definition) is 10. The molecule has 6 amide bonds. The van der Waals surface area contributed by atoms with Crippen LogP contribution in [0.5, 0.6) is 0 Å². The zero-order valence-corrected chi connectivity index (χ0v) is 43.0. The van der Waals surface area contributed by atoms with Crippen molar-refractivity contribution in [3.63, 3.8) is 0 Å². The quantitative estimate of drug-likeness (QED) is 0.0391. The summed E-state index contributed by atoms with van der Waals surface area (Å²) in [4.78, 5) is 119. The lowest BCUT2D eigenvalue weighted by atomic mass is 10.0. The third-order valence-corrected chi connectivity index (χ3v) is 11.1. The predicted octanol–water partition coefficient (Wildman–Crippen LogP) is 2.58. The molecular weight excluding hydrogens is 961 g/mol.